The quantitative estimate of drug-likeness (QED) is 0.574. The Kier molecular flexibility index (Phi) is 4.83. The molecule has 0 radical (unpaired) electrons. The molecule has 0 bridgehead atoms. The molecule has 1 aliphatic rings. The van der Waals surface area contributed by atoms with E-state index >= 15 is 0 Å². The first kappa shape index (κ1) is 17.1. The number of rotatable bonds is 6. The lowest BCUT2D eigenvalue weighted by Gasteiger charge is -2.23. The van der Waals surface area contributed by atoms with Crippen LogP contribution in [0.2, 0.25) is 0 Å². The average Bonchev–Trinajstić information content (AvgIpc) is 3.44. The van der Waals surface area contributed by atoms with Crippen molar-refractivity contribution in [2.24, 2.45) is 0 Å². The van der Waals surface area contributed by atoms with E-state index in [0.29, 0.717) is 18.0 Å². The van der Waals surface area contributed by atoms with E-state index in [0.717, 1.165) is 18.4 Å². The third-order valence-corrected chi connectivity index (χ3v) is 4.57. The second-order valence-electron chi connectivity index (χ2n) is 6.86. The van der Waals surface area contributed by atoms with Crippen molar-refractivity contribution in [1.82, 2.24) is 4.90 Å². The maximum absolute atomic E-state index is 12.8. The minimum atomic E-state index is -0.455. The lowest BCUT2D eigenvalue weighted by molar-refractivity contribution is -0.384. The molecule has 0 atom stereocenters. The van der Waals surface area contributed by atoms with Gasteiger partial charge in [0.15, 0.2) is 0 Å². The minimum Gasteiger partial charge on any atom is -0.331 e. The highest BCUT2D eigenvalue weighted by Crippen LogP contribution is 2.30. The van der Waals surface area contributed by atoms with Crippen molar-refractivity contribution in [1.29, 1.82) is 0 Å². The van der Waals surface area contributed by atoms with E-state index in [9.17, 15) is 14.9 Å². The highest BCUT2D eigenvalue weighted by Gasteiger charge is 2.33. The molecule has 1 amide bonds. The number of hydrogen-bond donors (Lipinski definition) is 0. The fourth-order valence-corrected chi connectivity index (χ4v) is 2.85. The molecule has 2 aromatic carbocycles. The molecule has 0 saturated heterocycles. The first-order valence-electron chi connectivity index (χ1n) is 8.60. The van der Waals surface area contributed by atoms with E-state index in [-0.39, 0.29) is 17.6 Å². The van der Waals surface area contributed by atoms with E-state index in [1.165, 1.54) is 29.8 Å². The second-order valence-corrected chi connectivity index (χ2v) is 6.86. The lowest BCUT2D eigenvalue weighted by atomic mass is 10.0. The molecule has 0 heterocycles. The maximum Gasteiger partial charge on any atom is 0.269 e. The fraction of sp³-hybridized carbons (Fsp3) is 0.350. The molecule has 1 aliphatic carbocycles. The molecule has 5 heteroatoms. The number of benzene rings is 2. The summed E-state index contributed by atoms with van der Waals surface area (Å²) in [5.41, 5.74) is 2.88. The van der Waals surface area contributed by atoms with Gasteiger partial charge in [-0.25, -0.2) is 0 Å². The van der Waals surface area contributed by atoms with Gasteiger partial charge >= 0.3 is 0 Å². The summed E-state index contributed by atoms with van der Waals surface area (Å²) in [4.78, 5) is 25.0. The van der Waals surface area contributed by atoms with Gasteiger partial charge in [0.1, 0.15) is 0 Å². The van der Waals surface area contributed by atoms with E-state index in [2.05, 4.69) is 38.1 Å². The van der Waals surface area contributed by atoms with Gasteiger partial charge in [-0.2, -0.15) is 0 Å². The molecule has 0 aliphatic heterocycles. The van der Waals surface area contributed by atoms with E-state index in [1.54, 1.807) is 0 Å². The predicted molar refractivity (Wildman–Crippen MR) is 96.5 cm³/mol. The van der Waals surface area contributed by atoms with Gasteiger partial charge in [-0.15, -0.1) is 0 Å². The topological polar surface area (TPSA) is 63.5 Å². The summed E-state index contributed by atoms with van der Waals surface area (Å²) in [5, 5.41) is 10.8. The van der Waals surface area contributed by atoms with E-state index < -0.39 is 4.92 Å². The fourth-order valence-electron chi connectivity index (χ4n) is 2.85. The molecule has 3 rings (SSSR count). The van der Waals surface area contributed by atoms with Gasteiger partial charge in [-0.05, 0) is 42.0 Å². The summed E-state index contributed by atoms with van der Waals surface area (Å²) in [7, 11) is 0. The number of amides is 1. The first-order chi connectivity index (χ1) is 12.0. The molecule has 0 N–H and O–H groups in total. The normalized spacial score (nSPS) is 13.7. The van der Waals surface area contributed by atoms with Gasteiger partial charge < -0.3 is 4.90 Å². The van der Waals surface area contributed by atoms with Crippen molar-refractivity contribution in [2.75, 3.05) is 0 Å². The van der Waals surface area contributed by atoms with Crippen LogP contribution in [0.1, 0.15) is 54.1 Å². The van der Waals surface area contributed by atoms with Crippen LogP contribution >= 0.6 is 0 Å². The van der Waals surface area contributed by atoms with Crippen molar-refractivity contribution in [3.63, 3.8) is 0 Å². The molecule has 130 valence electrons. The van der Waals surface area contributed by atoms with Gasteiger partial charge in [0.05, 0.1) is 4.92 Å². The Labute approximate surface area is 147 Å². The zero-order chi connectivity index (χ0) is 18.0. The van der Waals surface area contributed by atoms with Gasteiger partial charge in [0.2, 0.25) is 0 Å². The third kappa shape index (κ3) is 4.05. The monoisotopic (exact) mass is 338 g/mol. The Balaban J connectivity index is 1.76. The average molecular weight is 338 g/mol. The highest BCUT2D eigenvalue weighted by molar-refractivity contribution is 5.94. The van der Waals surface area contributed by atoms with Crippen LogP contribution in [0.25, 0.3) is 0 Å². The predicted octanol–water partition coefficient (Wildman–Crippen LogP) is 4.52. The number of hydrogen-bond acceptors (Lipinski definition) is 3. The molecule has 0 spiro atoms. The summed E-state index contributed by atoms with van der Waals surface area (Å²) in [6, 6.07) is 14.5. The summed E-state index contributed by atoms with van der Waals surface area (Å²) in [5.74, 6) is 0.417. The number of carbonyl (C=O) groups is 1. The summed E-state index contributed by atoms with van der Waals surface area (Å²) >= 11 is 0. The molecular formula is C20H22N2O3. The van der Waals surface area contributed by atoms with Crippen LogP contribution < -0.4 is 0 Å². The number of nitrogens with zero attached hydrogens (tertiary/aromatic N) is 2. The van der Waals surface area contributed by atoms with Gasteiger partial charge in [0, 0.05) is 30.3 Å². The Morgan fingerprint density at radius 1 is 1.12 bits per heavy atom. The lowest BCUT2D eigenvalue weighted by Crippen LogP contribution is -2.32. The minimum absolute atomic E-state index is 0.00111. The van der Waals surface area contributed by atoms with Crippen molar-refractivity contribution < 1.29 is 9.72 Å². The van der Waals surface area contributed by atoms with Crippen LogP contribution in [0.4, 0.5) is 5.69 Å². The van der Waals surface area contributed by atoms with Crippen molar-refractivity contribution in [3.05, 3.63) is 75.3 Å². The SMILES string of the molecule is CC(C)c1ccc(CN(C(=O)c2ccc([N+](=O)[O-])cc2)C2CC2)cc1. The third-order valence-electron chi connectivity index (χ3n) is 4.57. The summed E-state index contributed by atoms with van der Waals surface area (Å²) in [6.07, 6.45) is 2.03. The van der Waals surface area contributed by atoms with Crippen molar-refractivity contribution >= 4 is 11.6 Å². The number of nitro benzene ring substituents is 1. The zero-order valence-corrected chi connectivity index (χ0v) is 14.5. The van der Waals surface area contributed by atoms with Crippen LogP contribution in [0.15, 0.2) is 48.5 Å². The number of non-ortho nitro benzene ring substituents is 1. The number of carbonyl (C=O) groups excluding carboxylic acids is 1. The van der Waals surface area contributed by atoms with Gasteiger partial charge in [-0.3, -0.25) is 14.9 Å². The smallest absolute Gasteiger partial charge is 0.269 e. The zero-order valence-electron chi connectivity index (χ0n) is 14.5. The first-order valence-corrected chi connectivity index (χ1v) is 8.60. The largest absolute Gasteiger partial charge is 0.331 e. The van der Waals surface area contributed by atoms with Gasteiger partial charge in [0.25, 0.3) is 11.6 Å². The highest BCUT2D eigenvalue weighted by atomic mass is 16.6. The van der Waals surface area contributed by atoms with Crippen LogP contribution in [-0.4, -0.2) is 21.8 Å². The molecule has 0 unspecified atom stereocenters. The van der Waals surface area contributed by atoms with Crippen LogP contribution in [0, 0.1) is 10.1 Å². The molecule has 25 heavy (non-hydrogen) atoms. The Morgan fingerprint density at radius 3 is 2.20 bits per heavy atom. The molecule has 2 aromatic rings. The maximum atomic E-state index is 12.8. The second kappa shape index (κ2) is 7.05. The number of nitro groups is 1. The van der Waals surface area contributed by atoms with Crippen molar-refractivity contribution in [2.45, 2.75) is 45.2 Å². The molecule has 1 fully saturated rings. The Bertz CT molecular complexity index is 763. The Hall–Kier alpha value is -2.69. The van der Waals surface area contributed by atoms with Gasteiger partial charge in [-0.1, -0.05) is 38.1 Å². The van der Waals surface area contributed by atoms with Crippen LogP contribution in [-0.2, 0) is 6.54 Å². The Morgan fingerprint density at radius 2 is 1.72 bits per heavy atom. The standard InChI is InChI=1S/C20H22N2O3/c1-14(2)16-5-3-15(4-6-16)13-21(18-11-12-18)20(23)17-7-9-19(10-8-17)22(24)25/h3-10,14,18H,11-13H2,1-2H3. The summed E-state index contributed by atoms with van der Waals surface area (Å²) < 4.78 is 0. The summed E-state index contributed by atoms with van der Waals surface area (Å²) in [6.45, 7) is 4.88. The van der Waals surface area contributed by atoms with Crippen molar-refractivity contribution in [3.8, 4) is 0 Å². The molecule has 1 saturated carbocycles. The molecule has 5 nitrogen and oxygen atoms in total. The van der Waals surface area contributed by atoms with E-state index in [4.69, 9.17) is 0 Å². The van der Waals surface area contributed by atoms with Crippen LogP contribution in [0.3, 0.4) is 0 Å². The molecular weight excluding hydrogens is 316 g/mol. The molecule has 0 aromatic heterocycles. The van der Waals surface area contributed by atoms with E-state index in [1.807, 2.05) is 4.90 Å². The van der Waals surface area contributed by atoms with Crippen LogP contribution in [0.5, 0.6) is 0 Å².